The van der Waals surface area contributed by atoms with Crippen LogP contribution in [0.3, 0.4) is 0 Å². The summed E-state index contributed by atoms with van der Waals surface area (Å²) < 4.78 is 34.9. The number of rotatable bonds is 80. The lowest BCUT2D eigenvalue weighted by Crippen LogP contribution is -2.37. The van der Waals surface area contributed by atoms with Crippen molar-refractivity contribution in [2.45, 2.75) is 444 Å². The summed E-state index contributed by atoms with van der Waals surface area (Å²) in [6, 6.07) is 0. The van der Waals surface area contributed by atoms with Gasteiger partial charge in [0.05, 0.1) is 27.7 Å². The highest BCUT2D eigenvalue weighted by atomic mass is 31.2. The number of esters is 2. The number of carbonyl (C=O) groups excluding carboxylic acids is 2. The highest BCUT2D eigenvalue weighted by Crippen LogP contribution is 2.43. The summed E-state index contributed by atoms with van der Waals surface area (Å²) in [4.78, 5) is 36.0. The maximum Gasteiger partial charge on any atom is 0.472 e. The van der Waals surface area contributed by atoms with Gasteiger partial charge in [-0.1, -0.05) is 396 Å². The van der Waals surface area contributed by atoms with E-state index in [9.17, 15) is 19.0 Å². The van der Waals surface area contributed by atoms with Crippen LogP contribution in [0, 0.1) is 0 Å². The van der Waals surface area contributed by atoms with Gasteiger partial charge in [-0.2, -0.15) is 0 Å². The number of hydrogen-bond donors (Lipinski definition) is 1. The summed E-state index contributed by atoms with van der Waals surface area (Å²) in [5.74, 6) is -0.771. The zero-order valence-corrected chi connectivity index (χ0v) is 65.8. The Kier molecular flexibility index (Phi) is 75.5. The van der Waals surface area contributed by atoms with E-state index in [1.807, 2.05) is 21.1 Å². The van der Waals surface area contributed by atoms with Crippen LogP contribution in [-0.4, -0.2) is 74.9 Å². The number of likely N-dealkylation sites (N-methyl/N-ethyl adjacent to an activating group) is 1. The fourth-order valence-electron chi connectivity index (χ4n) is 12.8. The molecule has 0 aromatic rings. The van der Waals surface area contributed by atoms with Crippen molar-refractivity contribution >= 4 is 19.8 Å². The minimum atomic E-state index is -4.39. The van der Waals surface area contributed by atoms with Gasteiger partial charge >= 0.3 is 19.8 Å². The van der Waals surface area contributed by atoms with Crippen molar-refractivity contribution in [3.63, 3.8) is 0 Å². The van der Waals surface area contributed by atoms with E-state index in [1.165, 1.54) is 360 Å². The zero-order valence-electron chi connectivity index (χ0n) is 64.9. The molecule has 10 heteroatoms. The first-order valence-electron chi connectivity index (χ1n) is 42.4. The number of nitrogens with zero attached hydrogens (tertiary/aromatic N) is 1. The molecule has 0 saturated heterocycles. The van der Waals surface area contributed by atoms with Gasteiger partial charge in [-0.05, 0) is 77.0 Å². The Bertz CT molecular complexity index is 1760. The molecule has 0 bridgehead atoms. The van der Waals surface area contributed by atoms with E-state index in [1.54, 1.807) is 0 Å². The Hall–Kier alpha value is -2.03. The van der Waals surface area contributed by atoms with Crippen molar-refractivity contribution in [3.8, 4) is 0 Å². The maximum absolute atomic E-state index is 12.9. The summed E-state index contributed by atoms with van der Waals surface area (Å²) in [7, 11) is 1.50. The molecule has 2 atom stereocenters. The van der Waals surface area contributed by atoms with Gasteiger partial charge in [0, 0.05) is 12.8 Å². The molecular formula is C86H165NO8P+. The normalized spacial score (nSPS) is 13.2. The first-order chi connectivity index (χ1) is 47.0. The summed E-state index contributed by atoms with van der Waals surface area (Å²) in [5, 5.41) is 0. The van der Waals surface area contributed by atoms with Crippen LogP contribution in [0.5, 0.6) is 0 Å². The first kappa shape index (κ1) is 94.0. The van der Waals surface area contributed by atoms with E-state index in [0.29, 0.717) is 23.9 Å². The highest BCUT2D eigenvalue weighted by Gasteiger charge is 2.27. The fourth-order valence-corrected chi connectivity index (χ4v) is 13.6. The molecule has 0 aliphatic carbocycles. The van der Waals surface area contributed by atoms with E-state index >= 15 is 0 Å². The predicted molar refractivity (Wildman–Crippen MR) is 418 cm³/mol. The largest absolute Gasteiger partial charge is 0.472 e. The average Bonchev–Trinajstić information content (AvgIpc) is 2.72. The van der Waals surface area contributed by atoms with Crippen LogP contribution < -0.4 is 0 Å². The van der Waals surface area contributed by atoms with Gasteiger partial charge in [-0.25, -0.2) is 4.57 Å². The van der Waals surface area contributed by atoms with Crippen molar-refractivity contribution in [1.82, 2.24) is 0 Å². The van der Waals surface area contributed by atoms with Crippen molar-refractivity contribution in [3.05, 3.63) is 48.6 Å². The Morgan fingerprint density at radius 3 is 0.844 bits per heavy atom. The van der Waals surface area contributed by atoms with Gasteiger partial charge in [0.25, 0.3) is 0 Å². The molecule has 0 spiro atoms. The molecule has 2 unspecified atom stereocenters. The van der Waals surface area contributed by atoms with Crippen LogP contribution in [-0.2, 0) is 32.7 Å². The molecule has 0 aliphatic rings. The molecule has 0 aromatic heterocycles. The Morgan fingerprint density at radius 1 is 0.323 bits per heavy atom. The fraction of sp³-hybridized carbons (Fsp3) is 0.884. The van der Waals surface area contributed by atoms with Crippen molar-refractivity contribution in [2.75, 3.05) is 47.5 Å². The van der Waals surface area contributed by atoms with Crippen LogP contribution in [0.15, 0.2) is 48.6 Å². The van der Waals surface area contributed by atoms with Crippen molar-refractivity contribution < 1.29 is 42.1 Å². The average molecular weight is 1370 g/mol. The lowest BCUT2D eigenvalue weighted by atomic mass is 10.0. The molecule has 566 valence electrons. The maximum atomic E-state index is 12.9. The first-order valence-corrected chi connectivity index (χ1v) is 43.9. The Labute approximate surface area is 598 Å². The van der Waals surface area contributed by atoms with E-state index in [0.717, 1.165) is 44.9 Å². The third-order valence-electron chi connectivity index (χ3n) is 19.3. The molecule has 0 fully saturated rings. The molecule has 0 saturated carbocycles. The lowest BCUT2D eigenvalue weighted by molar-refractivity contribution is -0.870. The molecule has 0 amide bonds. The van der Waals surface area contributed by atoms with E-state index in [-0.39, 0.29) is 25.6 Å². The number of ether oxygens (including phenoxy) is 2. The number of carbonyl (C=O) groups is 2. The van der Waals surface area contributed by atoms with Crippen LogP contribution in [0.25, 0.3) is 0 Å². The molecule has 96 heavy (non-hydrogen) atoms. The summed E-state index contributed by atoms with van der Waals surface area (Å²) >= 11 is 0. The van der Waals surface area contributed by atoms with Gasteiger partial charge < -0.3 is 18.9 Å². The molecule has 0 heterocycles. The van der Waals surface area contributed by atoms with Crippen molar-refractivity contribution in [1.29, 1.82) is 0 Å². The molecule has 0 radical (unpaired) electrons. The van der Waals surface area contributed by atoms with Gasteiger partial charge in [0.1, 0.15) is 19.8 Å². The molecule has 0 rings (SSSR count). The van der Waals surface area contributed by atoms with Crippen molar-refractivity contribution in [2.24, 2.45) is 0 Å². The molecule has 0 aliphatic heterocycles. The van der Waals surface area contributed by atoms with Gasteiger partial charge in [-0.15, -0.1) is 0 Å². The summed E-state index contributed by atoms with van der Waals surface area (Å²) in [6.45, 7) is 4.50. The van der Waals surface area contributed by atoms with E-state index in [2.05, 4.69) is 62.5 Å². The second-order valence-electron chi connectivity index (χ2n) is 30.2. The molecule has 1 N–H and O–H groups in total. The van der Waals surface area contributed by atoms with Gasteiger partial charge in [0.2, 0.25) is 0 Å². The second kappa shape index (κ2) is 77.1. The minimum Gasteiger partial charge on any atom is -0.462 e. The van der Waals surface area contributed by atoms with Crippen LogP contribution in [0.4, 0.5) is 0 Å². The summed E-state index contributed by atoms with van der Waals surface area (Å²) in [5.41, 5.74) is 0. The van der Waals surface area contributed by atoms with E-state index in [4.69, 9.17) is 18.5 Å². The monoisotopic (exact) mass is 1370 g/mol. The van der Waals surface area contributed by atoms with Gasteiger partial charge in [0.15, 0.2) is 6.10 Å². The molecular weight excluding hydrogens is 1210 g/mol. The quantitative estimate of drug-likeness (QED) is 0.0211. The number of phosphoric acid groups is 1. The minimum absolute atomic E-state index is 0.0349. The standard InChI is InChI=1S/C86H164NO8P/c1-6-8-10-12-14-16-18-20-22-24-26-28-30-32-34-36-38-40-42-43-45-47-49-51-53-55-57-59-61-63-65-67-69-71-73-75-77-79-86(89)95-84(83-94-96(90,91)93-81-80-87(3,4)5)82-92-85(88)78-76-74-72-70-68-66-64-62-60-58-56-54-52-50-48-46-44-41-39-37-35-33-31-29-27-25-23-21-19-17-15-13-11-9-7-2/h18,20,24-27,30,32,84H,6-17,19,21-23,28-29,31,33-83H2,1-5H3/p+1/b20-18-,26-24-,27-25-,32-30-. The second-order valence-corrected chi connectivity index (χ2v) is 31.7. The SMILES string of the molecule is CCCCCCC/C=C\C/C=C\C/C=C\CCCCCCCCCCCCCCCCCCCCCCCCC(=O)OC(COC(=O)CCCCCCCCCCCCCCCCCCCCCCCCC/C=C\CCCCCCCCCC)COP(=O)(O)OCC[N+](C)(C)C. The molecule has 0 aromatic carbocycles. The smallest absolute Gasteiger partial charge is 0.462 e. The van der Waals surface area contributed by atoms with Gasteiger partial charge in [-0.3, -0.25) is 18.6 Å². The number of quaternary nitrogens is 1. The lowest BCUT2D eigenvalue weighted by Gasteiger charge is -2.24. The van der Waals surface area contributed by atoms with E-state index < -0.39 is 26.5 Å². The number of unbranched alkanes of at least 4 members (excludes halogenated alkanes) is 58. The zero-order chi connectivity index (χ0) is 69.7. The van der Waals surface area contributed by atoms with Crippen LogP contribution in [0.1, 0.15) is 438 Å². The number of hydrogen-bond acceptors (Lipinski definition) is 7. The number of phosphoric ester groups is 1. The highest BCUT2D eigenvalue weighted by molar-refractivity contribution is 7.47. The van der Waals surface area contributed by atoms with Crippen LogP contribution in [0.2, 0.25) is 0 Å². The Balaban J connectivity index is 3.88. The third-order valence-corrected chi connectivity index (χ3v) is 20.3. The Morgan fingerprint density at radius 2 is 0.562 bits per heavy atom. The third kappa shape index (κ3) is 80.9. The predicted octanol–water partition coefficient (Wildman–Crippen LogP) is 28.3. The van der Waals surface area contributed by atoms with Crippen LogP contribution >= 0.6 is 7.82 Å². The topological polar surface area (TPSA) is 108 Å². The number of allylic oxidation sites excluding steroid dienone is 8. The molecule has 9 nitrogen and oxygen atoms in total. The summed E-state index contributed by atoms with van der Waals surface area (Å²) in [6.07, 6.45) is 103.